The van der Waals surface area contributed by atoms with E-state index < -0.39 is 0 Å². The molecule has 1 amide bonds. The third-order valence-corrected chi connectivity index (χ3v) is 3.54. The summed E-state index contributed by atoms with van der Waals surface area (Å²) in [6.45, 7) is 3.17. The number of aromatic nitrogens is 4. The maximum absolute atomic E-state index is 12.1. The van der Waals surface area contributed by atoms with Crippen LogP contribution >= 0.6 is 0 Å². The quantitative estimate of drug-likeness (QED) is 0.921. The van der Waals surface area contributed by atoms with Gasteiger partial charge in [0.25, 0.3) is 0 Å². The van der Waals surface area contributed by atoms with Crippen molar-refractivity contribution in [2.75, 3.05) is 18.5 Å². The van der Waals surface area contributed by atoms with E-state index in [0.29, 0.717) is 24.8 Å². The summed E-state index contributed by atoms with van der Waals surface area (Å²) in [5.74, 6) is 1.37. The molecule has 2 aromatic heterocycles. The number of carbonyl (C=O) groups excluding carboxylic acids is 1. The van der Waals surface area contributed by atoms with Gasteiger partial charge in [0.05, 0.1) is 18.1 Å². The van der Waals surface area contributed by atoms with Crippen molar-refractivity contribution in [3.05, 3.63) is 30.6 Å². The normalized spacial score (nSPS) is 15.9. The second-order valence-corrected chi connectivity index (χ2v) is 4.99. The number of anilines is 1. The maximum atomic E-state index is 12.1. The minimum Gasteiger partial charge on any atom is -0.381 e. The van der Waals surface area contributed by atoms with Gasteiger partial charge in [-0.3, -0.25) is 9.36 Å². The molecule has 0 unspecified atom stereocenters. The number of nitrogens with one attached hydrogen (secondary N) is 1. The number of amides is 1. The van der Waals surface area contributed by atoms with Gasteiger partial charge in [-0.05, 0) is 19.8 Å². The summed E-state index contributed by atoms with van der Waals surface area (Å²) in [4.78, 5) is 24.7. The Morgan fingerprint density at radius 1 is 1.29 bits per heavy atom. The Labute approximate surface area is 122 Å². The third kappa shape index (κ3) is 3.08. The van der Waals surface area contributed by atoms with E-state index in [4.69, 9.17) is 4.74 Å². The maximum Gasteiger partial charge on any atom is 0.235 e. The van der Waals surface area contributed by atoms with Crippen molar-refractivity contribution in [2.24, 2.45) is 5.92 Å². The molecule has 0 saturated carbocycles. The lowest BCUT2D eigenvalue weighted by atomic mass is 9.99. The van der Waals surface area contributed by atoms with Crippen LogP contribution in [0.1, 0.15) is 18.7 Å². The van der Waals surface area contributed by atoms with Crippen LogP contribution in [0.15, 0.2) is 24.8 Å². The fraction of sp³-hybridized carbons (Fsp3) is 0.429. The Balaban J connectivity index is 1.67. The summed E-state index contributed by atoms with van der Waals surface area (Å²) in [5.41, 5.74) is 0.605. The number of carbonyl (C=O) groups is 1. The summed E-state index contributed by atoms with van der Waals surface area (Å²) in [7, 11) is 0. The average molecular weight is 287 g/mol. The Bertz CT molecular complexity index is 617. The molecule has 7 heteroatoms. The molecule has 1 aliphatic heterocycles. The minimum atomic E-state index is 0.00783. The van der Waals surface area contributed by atoms with Crippen LogP contribution in [0, 0.1) is 12.8 Å². The van der Waals surface area contributed by atoms with Gasteiger partial charge in [0.15, 0.2) is 0 Å². The first-order valence-corrected chi connectivity index (χ1v) is 6.95. The first kappa shape index (κ1) is 13.7. The van der Waals surface area contributed by atoms with Crippen molar-refractivity contribution in [2.45, 2.75) is 19.8 Å². The molecule has 0 spiro atoms. The second kappa shape index (κ2) is 6.01. The fourth-order valence-corrected chi connectivity index (χ4v) is 2.30. The molecule has 0 bridgehead atoms. The zero-order chi connectivity index (χ0) is 14.7. The van der Waals surface area contributed by atoms with Crippen LogP contribution in [-0.2, 0) is 9.53 Å². The molecule has 0 aromatic carbocycles. The van der Waals surface area contributed by atoms with Crippen LogP contribution in [-0.4, -0.2) is 38.6 Å². The Kier molecular flexibility index (Phi) is 3.92. The SMILES string of the molecule is Cc1nccn1-c1ncc(NC(=O)C2CCOCC2)cn1. The molecule has 1 N–H and O–H groups in total. The van der Waals surface area contributed by atoms with E-state index in [-0.39, 0.29) is 11.8 Å². The van der Waals surface area contributed by atoms with Crippen molar-refractivity contribution in [1.29, 1.82) is 0 Å². The van der Waals surface area contributed by atoms with Gasteiger partial charge in [0.1, 0.15) is 5.82 Å². The van der Waals surface area contributed by atoms with E-state index in [1.165, 1.54) is 0 Å². The zero-order valence-corrected chi connectivity index (χ0v) is 11.8. The monoisotopic (exact) mass is 287 g/mol. The van der Waals surface area contributed by atoms with Crippen molar-refractivity contribution >= 4 is 11.6 Å². The first-order chi connectivity index (χ1) is 10.2. The molecule has 0 aliphatic carbocycles. The molecular weight excluding hydrogens is 270 g/mol. The van der Waals surface area contributed by atoms with Gasteiger partial charge in [-0.2, -0.15) is 0 Å². The standard InChI is InChI=1S/C14H17N5O2/c1-10-15-4-5-19(10)14-16-8-12(9-17-14)18-13(20)11-2-6-21-7-3-11/h4-5,8-9,11H,2-3,6-7H2,1H3,(H,18,20). The summed E-state index contributed by atoms with van der Waals surface area (Å²) in [6, 6.07) is 0. The highest BCUT2D eigenvalue weighted by Crippen LogP contribution is 2.17. The molecule has 2 aromatic rings. The Morgan fingerprint density at radius 2 is 2.00 bits per heavy atom. The van der Waals surface area contributed by atoms with Crippen molar-refractivity contribution in [3.63, 3.8) is 0 Å². The molecule has 110 valence electrons. The van der Waals surface area contributed by atoms with Crippen LogP contribution in [0.5, 0.6) is 0 Å². The van der Waals surface area contributed by atoms with E-state index in [9.17, 15) is 4.79 Å². The largest absolute Gasteiger partial charge is 0.381 e. The number of ether oxygens (including phenoxy) is 1. The van der Waals surface area contributed by atoms with Gasteiger partial charge < -0.3 is 10.1 Å². The van der Waals surface area contributed by atoms with Crippen LogP contribution in [0.3, 0.4) is 0 Å². The van der Waals surface area contributed by atoms with Gasteiger partial charge in [0, 0.05) is 31.5 Å². The molecule has 1 fully saturated rings. The van der Waals surface area contributed by atoms with Crippen molar-refractivity contribution < 1.29 is 9.53 Å². The predicted octanol–water partition coefficient (Wildman–Crippen LogP) is 1.34. The third-order valence-electron chi connectivity index (χ3n) is 3.54. The zero-order valence-electron chi connectivity index (χ0n) is 11.8. The van der Waals surface area contributed by atoms with E-state index in [2.05, 4.69) is 20.3 Å². The lowest BCUT2D eigenvalue weighted by Gasteiger charge is -2.21. The van der Waals surface area contributed by atoms with Crippen LogP contribution < -0.4 is 5.32 Å². The van der Waals surface area contributed by atoms with Gasteiger partial charge in [0.2, 0.25) is 11.9 Å². The summed E-state index contributed by atoms with van der Waals surface area (Å²) >= 11 is 0. The molecule has 21 heavy (non-hydrogen) atoms. The van der Waals surface area contributed by atoms with E-state index >= 15 is 0 Å². The molecule has 7 nitrogen and oxygen atoms in total. The van der Waals surface area contributed by atoms with Gasteiger partial charge in [-0.25, -0.2) is 15.0 Å². The van der Waals surface area contributed by atoms with Gasteiger partial charge >= 0.3 is 0 Å². The number of hydrogen-bond acceptors (Lipinski definition) is 5. The number of nitrogens with zero attached hydrogens (tertiary/aromatic N) is 4. The highest BCUT2D eigenvalue weighted by Gasteiger charge is 2.21. The number of aryl methyl sites for hydroxylation is 1. The lowest BCUT2D eigenvalue weighted by Crippen LogP contribution is -2.28. The van der Waals surface area contributed by atoms with Gasteiger partial charge in [-0.1, -0.05) is 0 Å². The summed E-state index contributed by atoms with van der Waals surface area (Å²) < 4.78 is 7.04. The number of hydrogen-bond donors (Lipinski definition) is 1. The summed E-state index contributed by atoms with van der Waals surface area (Å²) in [6.07, 6.45) is 8.24. The Morgan fingerprint density at radius 3 is 2.62 bits per heavy atom. The highest BCUT2D eigenvalue weighted by atomic mass is 16.5. The molecule has 3 heterocycles. The smallest absolute Gasteiger partial charge is 0.235 e. The molecule has 0 radical (unpaired) electrons. The van der Waals surface area contributed by atoms with Gasteiger partial charge in [-0.15, -0.1) is 0 Å². The van der Waals surface area contributed by atoms with Crippen LogP contribution in [0.25, 0.3) is 5.95 Å². The topological polar surface area (TPSA) is 81.9 Å². The fourth-order valence-electron chi connectivity index (χ4n) is 2.30. The molecular formula is C14H17N5O2. The Hall–Kier alpha value is -2.28. The average Bonchev–Trinajstić information content (AvgIpc) is 2.95. The first-order valence-electron chi connectivity index (χ1n) is 6.95. The molecule has 1 aliphatic rings. The number of imidazole rings is 1. The van der Waals surface area contributed by atoms with E-state index in [1.54, 1.807) is 29.4 Å². The van der Waals surface area contributed by atoms with Crippen LogP contribution in [0.2, 0.25) is 0 Å². The van der Waals surface area contributed by atoms with Crippen molar-refractivity contribution in [1.82, 2.24) is 19.5 Å². The summed E-state index contributed by atoms with van der Waals surface area (Å²) in [5, 5.41) is 2.85. The lowest BCUT2D eigenvalue weighted by molar-refractivity contribution is -0.122. The minimum absolute atomic E-state index is 0.00783. The van der Waals surface area contributed by atoms with Crippen LogP contribution in [0.4, 0.5) is 5.69 Å². The van der Waals surface area contributed by atoms with E-state index in [0.717, 1.165) is 18.7 Å². The molecule has 3 rings (SSSR count). The molecule has 1 saturated heterocycles. The number of rotatable bonds is 3. The highest BCUT2D eigenvalue weighted by molar-refractivity contribution is 5.92. The van der Waals surface area contributed by atoms with Crippen molar-refractivity contribution in [3.8, 4) is 5.95 Å². The predicted molar refractivity (Wildman–Crippen MR) is 76.1 cm³/mol. The molecule has 0 atom stereocenters. The van der Waals surface area contributed by atoms with E-state index in [1.807, 2.05) is 6.92 Å². The second-order valence-electron chi connectivity index (χ2n) is 4.99.